The molecule has 0 spiro atoms. The molecule has 1 saturated heterocycles. The highest BCUT2D eigenvalue weighted by molar-refractivity contribution is 6.52. The molecule has 0 radical (unpaired) electrons. The Morgan fingerprint density at radius 3 is 2.16 bits per heavy atom. The van der Waals surface area contributed by atoms with Gasteiger partial charge in [0, 0.05) is 0 Å². The zero-order valence-corrected chi connectivity index (χ0v) is 12.8. The van der Waals surface area contributed by atoms with Crippen molar-refractivity contribution < 1.29 is 9.31 Å². The molecule has 102 valence electrons. The van der Waals surface area contributed by atoms with Gasteiger partial charge < -0.3 is 9.31 Å². The lowest BCUT2D eigenvalue weighted by Gasteiger charge is -2.32. The molecule has 1 aromatic rings. The Labute approximate surface area is 117 Å². The second-order valence-electron chi connectivity index (χ2n) is 6.34. The van der Waals surface area contributed by atoms with Gasteiger partial charge in [0.25, 0.3) is 0 Å². The summed E-state index contributed by atoms with van der Waals surface area (Å²) in [5.74, 6) is 2.00. The standard InChI is InChI=1S/C16H23BO2/c1-12-7-8-13(2)14(11-12)9-10-17-18-15(3,4)16(5,6)19-17/h7-11H,1-6H3. The van der Waals surface area contributed by atoms with Gasteiger partial charge in [0.1, 0.15) is 0 Å². The van der Waals surface area contributed by atoms with E-state index in [4.69, 9.17) is 9.31 Å². The molecule has 0 N–H and O–H groups in total. The van der Waals surface area contributed by atoms with E-state index >= 15 is 0 Å². The quantitative estimate of drug-likeness (QED) is 0.748. The number of hydrogen-bond acceptors (Lipinski definition) is 2. The minimum absolute atomic E-state index is 0.273. The first kappa shape index (κ1) is 14.4. The number of rotatable bonds is 2. The molecule has 0 unspecified atom stereocenters. The van der Waals surface area contributed by atoms with E-state index in [2.05, 4.69) is 65.8 Å². The van der Waals surface area contributed by atoms with Crippen LogP contribution < -0.4 is 0 Å². The second-order valence-corrected chi connectivity index (χ2v) is 6.34. The molecule has 0 aliphatic carbocycles. The highest BCUT2D eigenvalue weighted by Crippen LogP contribution is 2.37. The Bertz CT molecular complexity index is 487. The molecule has 2 nitrogen and oxygen atoms in total. The summed E-state index contributed by atoms with van der Waals surface area (Å²) in [6.07, 6.45) is 2.09. The summed E-state index contributed by atoms with van der Waals surface area (Å²) in [6, 6.07) is 6.44. The fourth-order valence-corrected chi connectivity index (χ4v) is 2.09. The van der Waals surface area contributed by atoms with E-state index in [1.165, 1.54) is 16.7 Å². The van der Waals surface area contributed by atoms with Crippen LogP contribution in [0.25, 0.3) is 6.08 Å². The van der Waals surface area contributed by atoms with Crippen LogP contribution in [0.5, 0.6) is 0 Å². The molecule has 1 aromatic carbocycles. The minimum atomic E-state index is -0.274. The molecule has 0 aromatic heterocycles. The molecule has 3 heteroatoms. The van der Waals surface area contributed by atoms with E-state index in [1.54, 1.807) is 0 Å². The maximum atomic E-state index is 5.95. The van der Waals surface area contributed by atoms with Gasteiger partial charge in [-0.05, 0) is 52.7 Å². The van der Waals surface area contributed by atoms with E-state index in [9.17, 15) is 0 Å². The van der Waals surface area contributed by atoms with Crippen molar-refractivity contribution in [2.24, 2.45) is 0 Å². The summed E-state index contributed by atoms with van der Waals surface area (Å²) >= 11 is 0. The predicted molar refractivity (Wildman–Crippen MR) is 81.0 cm³/mol. The van der Waals surface area contributed by atoms with E-state index < -0.39 is 0 Å². The van der Waals surface area contributed by atoms with Gasteiger partial charge in [-0.1, -0.05) is 35.8 Å². The van der Waals surface area contributed by atoms with Gasteiger partial charge in [0.2, 0.25) is 0 Å². The molecule has 1 aliphatic rings. The lowest BCUT2D eigenvalue weighted by Crippen LogP contribution is -2.41. The normalized spacial score (nSPS) is 21.3. The lowest BCUT2D eigenvalue weighted by molar-refractivity contribution is 0.00578. The van der Waals surface area contributed by atoms with Gasteiger partial charge in [-0.2, -0.15) is 0 Å². The van der Waals surface area contributed by atoms with Crippen molar-refractivity contribution in [3.63, 3.8) is 0 Å². The Balaban J connectivity index is 2.15. The zero-order valence-electron chi connectivity index (χ0n) is 12.8. The molecule has 0 saturated carbocycles. The molecule has 1 heterocycles. The Morgan fingerprint density at radius 1 is 1.00 bits per heavy atom. The average Bonchev–Trinajstić information content (AvgIpc) is 2.49. The first-order valence-electron chi connectivity index (χ1n) is 6.82. The summed E-state index contributed by atoms with van der Waals surface area (Å²) in [4.78, 5) is 0. The molecular weight excluding hydrogens is 235 g/mol. The third-order valence-electron chi connectivity index (χ3n) is 4.14. The van der Waals surface area contributed by atoms with E-state index in [0.717, 1.165) is 0 Å². The van der Waals surface area contributed by atoms with Crippen LogP contribution in [0.15, 0.2) is 24.2 Å². The third-order valence-corrected chi connectivity index (χ3v) is 4.14. The number of benzene rings is 1. The molecule has 0 bridgehead atoms. The van der Waals surface area contributed by atoms with Crippen molar-refractivity contribution in [1.29, 1.82) is 0 Å². The van der Waals surface area contributed by atoms with E-state index in [1.807, 2.05) is 5.98 Å². The molecule has 0 atom stereocenters. The summed E-state index contributed by atoms with van der Waals surface area (Å²) in [6.45, 7) is 12.5. The number of hydrogen-bond donors (Lipinski definition) is 0. The smallest absolute Gasteiger partial charge is 0.400 e. The highest BCUT2D eigenvalue weighted by atomic mass is 16.7. The first-order chi connectivity index (χ1) is 8.71. The summed E-state index contributed by atoms with van der Waals surface area (Å²) < 4.78 is 11.9. The van der Waals surface area contributed by atoms with Crippen molar-refractivity contribution in [2.45, 2.75) is 52.7 Å². The van der Waals surface area contributed by atoms with Gasteiger partial charge in [-0.3, -0.25) is 0 Å². The van der Waals surface area contributed by atoms with E-state index in [-0.39, 0.29) is 18.3 Å². The molecule has 19 heavy (non-hydrogen) atoms. The SMILES string of the molecule is Cc1ccc(C)c(C=CB2OC(C)(C)C(C)(C)O2)c1. The lowest BCUT2D eigenvalue weighted by atomic mass is 9.88. The fraction of sp³-hybridized carbons (Fsp3) is 0.500. The van der Waals surface area contributed by atoms with E-state index in [0.29, 0.717) is 0 Å². The zero-order chi connectivity index (χ0) is 14.3. The average molecular weight is 258 g/mol. The van der Waals surface area contributed by atoms with Gasteiger partial charge in [0.05, 0.1) is 11.2 Å². The van der Waals surface area contributed by atoms with Crippen LogP contribution in [0, 0.1) is 13.8 Å². The maximum absolute atomic E-state index is 5.95. The van der Waals surface area contributed by atoms with Crippen molar-refractivity contribution in [2.75, 3.05) is 0 Å². The first-order valence-corrected chi connectivity index (χ1v) is 6.82. The van der Waals surface area contributed by atoms with Crippen molar-refractivity contribution in [3.05, 3.63) is 40.9 Å². The molecule has 0 amide bonds. The van der Waals surface area contributed by atoms with Crippen LogP contribution in [0.3, 0.4) is 0 Å². The van der Waals surface area contributed by atoms with Crippen LogP contribution in [-0.4, -0.2) is 18.3 Å². The maximum Gasteiger partial charge on any atom is 0.487 e. The summed E-state index contributed by atoms with van der Waals surface area (Å²) in [5.41, 5.74) is 3.19. The third kappa shape index (κ3) is 2.93. The number of aryl methyl sites for hydroxylation is 2. The Morgan fingerprint density at radius 2 is 1.58 bits per heavy atom. The van der Waals surface area contributed by atoms with Crippen LogP contribution in [0.2, 0.25) is 0 Å². The topological polar surface area (TPSA) is 18.5 Å². The van der Waals surface area contributed by atoms with Gasteiger partial charge >= 0.3 is 7.12 Å². The minimum Gasteiger partial charge on any atom is -0.400 e. The van der Waals surface area contributed by atoms with Crippen LogP contribution in [0.1, 0.15) is 44.4 Å². The molecule has 2 rings (SSSR count). The second kappa shape index (κ2) is 4.80. The Hall–Kier alpha value is -1.06. The Kier molecular flexibility index (Phi) is 3.63. The van der Waals surface area contributed by atoms with Gasteiger partial charge in [-0.25, -0.2) is 0 Å². The monoisotopic (exact) mass is 258 g/mol. The van der Waals surface area contributed by atoms with Crippen LogP contribution in [-0.2, 0) is 9.31 Å². The highest BCUT2D eigenvalue weighted by Gasteiger charge is 2.49. The molecule has 1 fully saturated rings. The molecular formula is C16H23BO2. The summed E-state index contributed by atoms with van der Waals surface area (Å²) in [5, 5.41) is 0. The van der Waals surface area contributed by atoms with Crippen LogP contribution >= 0.6 is 0 Å². The summed E-state index contributed by atoms with van der Waals surface area (Å²) in [7, 11) is -0.273. The van der Waals surface area contributed by atoms with Gasteiger partial charge in [-0.15, -0.1) is 0 Å². The molecule has 1 aliphatic heterocycles. The fourth-order valence-electron chi connectivity index (χ4n) is 2.09. The van der Waals surface area contributed by atoms with Crippen LogP contribution in [0.4, 0.5) is 0 Å². The largest absolute Gasteiger partial charge is 0.487 e. The van der Waals surface area contributed by atoms with Crippen molar-refractivity contribution >= 4 is 13.2 Å². The predicted octanol–water partition coefficient (Wildman–Crippen LogP) is 3.95. The van der Waals surface area contributed by atoms with Crippen molar-refractivity contribution in [3.8, 4) is 0 Å². The van der Waals surface area contributed by atoms with Crippen molar-refractivity contribution in [1.82, 2.24) is 0 Å². The van der Waals surface area contributed by atoms with Gasteiger partial charge in [0.15, 0.2) is 0 Å².